The van der Waals surface area contributed by atoms with Crippen LogP contribution in [0, 0.1) is 0 Å². The Balaban J connectivity index is 2.06. The first-order valence-electron chi connectivity index (χ1n) is 6.61. The Morgan fingerprint density at radius 1 is 0.958 bits per heavy atom. The third-order valence-corrected chi connectivity index (χ3v) is 3.40. The summed E-state index contributed by atoms with van der Waals surface area (Å²) in [5, 5.41) is 24.1. The molecular weight excluding hydrogens is 382 g/mol. The number of carbonyl (C=O) groups is 3. The van der Waals surface area contributed by atoms with Crippen LogP contribution < -0.4 is 20.3 Å². The lowest BCUT2D eigenvalue weighted by Gasteiger charge is -2.12. The number of anilines is 1. The molecular formula is C16H10BrNO6-2. The van der Waals surface area contributed by atoms with Crippen molar-refractivity contribution in [3.63, 3.8) is 0 Å². The van der Waals surface area contributed by atoms with Crippen LogP contribution in [0.1, 0.15) is 20.7 Å². The molecule has 0 fully saturated rings. The van der Waals surface area contributed by atoms with Crippen LogP contribution >= 0.6 is 15.9 Å². The number of carbonyl (C=O) groups excluding carboxylic acids is 3. The Morgan fingerprint density at radius 2 is 1.50 bits per heavy atom. The number of halogens is 1. The second kappa shape index (κ2) is 7.60. The Hall–Kier alpha value is -2.87. The summed E-state index contributed by atoms with van der Waals surface area (Å²) in [6.07, 6.45) is 0. The van der Waals surface area contributed by atoms with Crippen molar-refractivity contribution >= 4 is 39.5 Å². The Bertz CT molecular complexity index is 755. The van der Waals surface area contributed by atoms with Crippen molar-refractivity contribution in [3.8, 4) is 5.75 Å². The quantitative estimate of drug-likeness (QED) is 0.750. The fourth-order valence-corrected chi connectivity index (χ4v) is 2.08. The van der Waals surface area contributed by atoms with Gasteiger partial charge in [0.15, 0.2) is 6.61 Å². The summed E-state index contributed by atoms with van der Waals surface area (Å²) in [6, 6.07) is 9.84. The standard InChI is InChI=1S/C16H12BrNO6/c17-11-1-3-13(4-2-11)24-8-14(19)18-12-6-9(15(20)21)5-10(7-12)16(22)23/h1-7H,8H2,(H,18,19)(H,20,21)(H,22,23)/p-2. The maximum Gasteiger partial charge on any atom is 0.262 e. The first kappa shape index (κ1) is 17.5. The number of amides is 1. The van der Waals surface area contributed by atoms with Crippen LogP contribution in [0.3, 0.4) is 0 Å². The molecule has 24 heavy (non-hydrogen) atoms. The number of benzene rings is 2. The first-order chi connectivity index (χ1) is 11.3. The van der Waals surface area contributed by atoms with Crippen LogP contribution in [0.25, 0.3) is 0 Å². The molecule has 2 rings (SSSR count). The molecule has 0 aromatic heterocycles. The van der Waals surface area contributed by atoms with Gasteiger partial charge in [0.25, 0.3) is 5.91 Å². The van der Waals surface area contributed by atoms with Crippen LogP contribution in [-0.4, -0.2) is 24.5 Å². The number of hydrogen-bond donors (Lipinski definition) is 1. The minimum absolute atomic E-state index is 0.0136. The van der Waals surface area contributed by atoms with E-state index in [2.05, 4.69) is 21.2 Å². The van der Waals surface area contributed by atoms with Crippen LogP contribution in [0.2, 0.25) is 0 Å². The highest BCUT2D eigenvalue weighted by molar-refractivity contribution is 9.10. The monoisotopic (exact) mass is 391 g/mol. The number of carboxylic acid groups (broad SMARTS) is 2. The predicted octanol–water partition coefficient (Wildman–Crippen LogP) is 0.194. The van der Waals surface area contributed by atoms with E-state index in [1.54, 1.807) is 24.3 Å². The highest BCUT2D eigenvalue weighted by atomic mass is 79.9. The molecule has 0 spiro atoms. The summed E-state index contributed by atoms with van der Waals surface area (Å²) in [5.74, 6) is -3.26. The normalized spacial score (nSPS) is 10.0. The van der Waals surface area contributed by atoms with Gasteiger partial charge in [-0.3, -0.25) is 4.79 Å². The molecule has 1 amide bonds. The molecule has 0 unspecified atom stereocenters. The van der Waals surface area contributed by atoms with Crippen molar-refractivity contribution in [3.05, 3.63) is 58.1 Å². The maximum absolute atomic E-state index is 11.8. The number of nitrogens with one attached hydrogen (secondary N) is 1. The molecule has 0 aliphatic carbocycles. The van der Waals surface area contributed by atoms with Crippen molar-refractivity contribution < 1.29 is 29.3 Å². The van der Waals surface area contributed by atoms with Crippen LogP contribution in [0.4, 0.5) is 5.69 Å². The molecule has 0 aliphatic heterocycles. The average molecular weight is 392 g/mol. The zero-order valence-corrected chi connectivity index (χ0v) is 13.7. The number of carboxylic acids is 2. The van der Waals surface area contributed by atoms with Crippen LogP contribution in [0.15, 0.2) is 46.9 Å². The molecule has 0 atom stereocenters. The molecule has 0 aliphatic rings. The van der Waals surface area contributed by atoms with Crippen molar-refractivity contribution in [2.24, 2.45) is 0 Å². The molecule has 2 aromatic rings. The van der Waals surface area contributed by atoms with Gasteiger partial charge in [-0.2, -0.15) is 0 Å². The first-order valence-corrected chi connectivity index (χ1v) is 7.40. The second-order valence-corrected chi connectivity index (χ2v) is 5.58. The minimum Gasteiger partial charge on any atom is -0.545 e. The fourth-order valence-electron chi connectivity index (χ4n) is 1.81. The lowest BCUT2D eigenvalue weighted by Crippen LogP contribution is -2.27. The molecule has 8 heteroatoms. The van der Waals surface area contributed by atoms with Crippen molar-refractivity contribution in [1.82, 2.24) is 0 Å². The van der Waals surface area contributed by atoms with Crippen molar-refractivity contribution in [2.45, 2.75) is 0 Å². The number of rotatable bonds is 6. The third-order valence-electron chi connectivity index (χ3n) is 2.87. The van der Waals surface area contributed by atoms with E-state index < -0.39 is 17.8 Å². The Morgan fingerprint density at radius 3 is 2.00 bits per heavy atom. The van der Waals surface area contributed by atoms with E-state index in [1.807, 2.05) is 0 Å². The lowest BCUT2D eigenvalue weighted by atomic mass is 10.1. The van der Waals surface area contributed by atoms with Gasteiger partial charge in [0.05, 0.1) is 11.9 Å². The van der Waals surface area contributed by atoms with Gasteiger partial charge < -0.3 is 29.9 Å². The zero-order chi connectivity index (χ0) is 17.7. The maximum atomic E-state index is 11.8. The highest BCUT2D eigenvalue weighted by Gasteiger charge is 2.08. The van der Waals surface area contributed by atoms with Crippen molar-refractivity contribution in [1.29, 1.82) is 0 Å². The lowest BCUT2D eigenvalue weighted by molar-refractivity contribution is -0.255. The SMILES string of the molecule is O=C(COc1ccc(Br)cc1)Nc1cc(C(=O)[O-])cc(C(=O)[O-])c1. The van der Waals surface area contributed by atoms with E-state index >= 15 is 0 Å². The predicted molar refractivity (Wildman–Crippen MR) is 83.4 cm³/mol. The fraction of sp³-hybridized carbons (Fsp3) is 0.0625. The number of aromatic carboxylic acids is 2. The van der Waals surface area contributed by atoms with Gasteiger partial charge in [0.2, 0.25) is 0 Å². The Labute approximate surface area is 145 Å². The summed E-state index contributed by atoms with van der Waals surface area (Å²) in [7, 11) is 0. The molecule has 0 heterocycles. The summed E-state index contributed by atoms with van der Waals surface area (Å²) in [4.78, 5) is 33.6. The minimum atomic E-state index is -1.57. The Kier molecular flexibility index (Phi) is 5.54. The van der Waals surface area contributed by atoms with Gasteiger partial charge in [0.1, 0.15) is 5.75 Å². The third kappa shape index (κ3) is 4.82. The van der Waals surface area contributed by atoms with E-state index in [4.69, 9.17) is 4.74 Å². The smallest absolute Gasteiger partial charge is 0.262 e. The highest BCUT2D eigenvalue weighted by Crippen LogP contribution is 2.17. The van der Waals surface area contributed by atoms with E-state index in [1.165, 1.54) is 0 Å². The molecule has 2 aromatic carbocycles. The van der Waals surface area contributed by atoms with Gasteiger partial charge in [-0.15, -0.1) is 0 Å². The molecule has 1 N–H and O–H groups in total. The summed E-state index contributed by atoms with van der Waals surface area (Å²) >= 11 is 3.27. The number of ether oxygens (including phenoxy) is 1. The van der Waals surface area contributed by atoms with E-state index in [0.717, 1.165) is 22.7 Å². The van der Waals surface area contributed by atoms with Crippen LogP contribution in [0.5, 0.6) is 5.75 Å². The summed E-state index contributed by atoms with van der Waals surface area (Å²) < 4.78 is 6.11. The summed E-state index contributed by atoms with van der Waals surface area (Å²) in [6.45, 7) is -0.335. The molecule has 0 saturated heterocycles. The number of hydrogen-bond acceptors (Lipinski definition) is 6. The van der Waals surface area contributed by atoms with E-state index in [9.17, 15) is 24.6 Å². The zero-order valence-electron chi connectivity index (χ0n) is 12.1. The average Bonchev–Trinajstić information content (AvgIpc) is 2.54. The molecule has 0 saturated carbocycles. The largest absolute Gasteiger partial charge is 0.545 e. The van der Waals surface area contributed by atoms with E-state index in [-0.39, 0.29) is 23.4 Å². The van der Waals surface area contributed by atoms with Crippen LogP contribution in [-0.2, 0) is 4.79 Å². The van der Waals surface area contributed by atoms with Gasteiger partial charge in [-0.05, 0) is 53.6 Å². The van der Waals surface area contributed by atoms with Crippen molar-refractivity contribution in [2.75, 3.05) is 11.9 Å². The topological polar surface area (TPSA) is 119 Å². The second-order valence-electron chi connectivity index (χ2n) is 4.66. The van der Waals surface area contributed by atoms with E-state index in [0.29, 0.717) is 5.75 Å². The van der Waals surface area contributed by atoms with Gasteiger partial charge in [-0.25, -0.2) is 0 Å². The van der Waals surface area contributed by atoms with Gasteiger partial charge >= 0.3 is 0 Å². The molecule has 0 bridgehead atoms. The molecule has 0 radical (unpaired) electrons. The summed E-state index contributed by atoms with van der Waals surface area (Å²) in [5.41, 5.74) is -0.790. The molecule has 124 valence electrons. The molecule has 7 nitrogen and oxygen atoms in total. The van der Waals surface area contributed by atoms with Gasteiger partial charge in [-0.1, -0.05) is 15.9 Å². The van der Waals surface area contributed by atoms with Gasteiger partial charge in [0, 0.05) is 10.2 Å².